The van der Waals surface area contributed by atoms with Crippen molar-refractivity contribution in [2.45, 2.75) is 64.8 Å². The largest absolute Gasteiger partial charge is 0.351 e. The van der Waals surface area contributed by atoms with Crippen molar-refractivity contribution in [1.82, 2.24) is 25.3 Å². The van der Waals surface area contributed by atoms with E-state index >= 15 is 0 Å². The molecule has 1 unspecified atom stereocenters. The number of amides is 2. The molecule has 1 aromatic rings. The van der Waals surface area contributed by atoms with Gasteiger partial charge in [-0.15, -0.1) is 0 Å². The van der Waals surface area contributed by atoms with Gasteiger partial charge in [-0.05, 0) is 57.5 Å². The number of nitrogens with one attached hydrogen (secondary N) is 2. The number of hydrogen-bond acceptors (Lipinski definition) is 4. The number of carbonyl (C=O) groups excluding carboxylic acids is 2. The predicted octanol–water partition coefficient (Wildman–Crippen LogP) is 1.66. The summed E-state index contributed by atoms with van der Waals surface area (Å²) in [5.74, 6) is 0.720. The van der Waals surface area contributed by atoms with Gasteiger partial charge in [0.15, 0.2) is 5.69 Å². The Hall–Kier alpha value is -1.89. The Balaban J connectivity index is 1.87. The molecule has 156 valence electrons. The molecule has 0 radical (unpaired) electrons. The van der Waals surface area contributed by atoms with Gasteiger partial charge in [0.2, 0.25) is 5.91 Å². The molecule has 0 spiro atoms. The average Bonchev–Trinajstić information content (AvgIpc) is 2.99. The summed E-state index contributed by atoms with van der Waals surface area (Å²) >= 11 is 0. The minimum atomic E-state index is -0.0903. The Morgan fingerprint density at radius 1 is 1.14 bits per heavy atom. The van der Waals surface area contributed by atoms with E-state index in [-0.39, 0.29) is 17.9 Å². The van der Waals surface area contributed by atoms with Gasteiger partial charge in [0.25, 0.3) is 5.91 Å². The molecule has 1 aliphatic heterocycles. The highest BCUT2D eigenvalue weighted by atomic mass is 16.2. The van der Waals surface area contributed by atoms with Crippen LogP contribution in [0.25, 0.3) is 0 Å². The lowest BCUT2D eigenvalue weighted by atomic mass is 9.89. The van der Waals surface area contributed by atoms with Crippen molar-refractivity contribution < 1.29 is 9.59 Å². The zero-order chi connectivity index (χ0) is 20.1. The van der Waals surface area contributed by atoms with E-state index < -0.39 is 0 Å². The van der Waals surface area contributed by atoms with E-state index in [9.17, 15) is 9.59 Å². The summed E-state index contributed by atoms with van der Waals surface area (Å²) in [6, 6.07) is 0.160. The molecule has 2 N–H and O–H groups in total. The molecule has 0 fully saturated rings. The maximum atomic E-state index is 13.0. The zero-order valence-corrected chi connectivity index (χ0v) is 17.6. The zero-order valence-electron chi connectivity index (χ0n) is 17.6. The topological polar surface area (TPSA) is 79.3 Å². The highest BCUT2D eigenvalue weighted by Gasteiger charge is 2.32. The van der Waals surface area contributed by atoms with Crippen molar-refractivity contribution in [2.24, 2.45) is 13.0 Å². The van der Waals surface area contributed by atoms with E-state index in [0.717, 1.165) is 69.4 Å². The van der Waals surface area contributed by atoms with Gasteiger partial charge >= 0.3 is 0 Å². The van der Waals surface area contributed by atoms with Crippen LogP contribution in [0.5, 0.6) is 0 Å². The molecule has 0 aromatic carbocycles. The van der Waals surface area contributed by atoms with Crippen LogP contribution in [0.15, 0.2) is 0 Å². The number of nitrogens with zero attached hydrogens (tertiary/aromatic N) is 3. The van der Waals surface area contributed by atoms with E-state index in [1.807, 2.05) is 11.7 Å². The van der Waals surface area contributed by atoms with Crippen LogP contribution in [0.4, 0.5) is 0 Å². The Kier molecular flexibility index (Phi) is 7.10. The van der Waals surface area contributed by atoms with E-state index in [4.69, 9.17) is 0 Å². The maximum Gasteiger partial charge on any atom is 0.272 e. The van der Waals surface area contributed by atoms with Gasteiger partial charge in [-0.3, -0.25) is 14.3 Å². The summed E-state index contributed by atoms with van der Waals surface area (Å²) in [7, 11) is 1.92. The summed E-state index contributed by atoms with van der Waals surface area (Å²) in [6.45, 7) is 7.52. The second kappa shape index (κ2) is 9.54. The van der Waals surface area contributed by atoms with Crippen LogP contribution in [-0.2, 0) is 24.7 Å². The normalized spacial score (nSPS) is 22.0. The number of carbonyl (C=O) groups is 2. The van der Waals surface area contributed by atoms with Crippen LogP contribution in [-0.4, -0.2) is 58.7 Å². The van der Waals surface area contributed by atoms with Crippen molar-refractivity contribution in [3.63, 3.8) is 0 Å². The maximum absolute atomic E-state index is 13.0. The van der Waals surface area contributed by atoms with E-state index in [1.54, 1.807) is 0 Å². The minimum Gasteiger partial charge on any atom is -0.351 e. The first-order valence-corrected chi connectivity index (χ1v) is 10.8. The fourth-order valence-electron chi connectivity index (χ4n) is 4.26. The monoisotopic (exact) mass is 389 g/mol. The third-order valence-electron chi connectivity index (χ3n) is 5.91. The summed E-state index contributed by atoms with van der Waals surface area (Å²) in [5, 5.41) is 10.9. The molecule has 1 aliphatic carbocycles. The van der Waals surface area contributed by atoms with Gasteiger partial charge < -0.3 is 15.5 Å². The van der Waals surface area contributed by atoms with E-state index in [2.05, 4.69) is 34.5 Å². The van der Waals surface area contributed by atoms with Crippen molar-refractivity contribution in [3.05, 3.63) is 17.0 Å². The number of aryl methyl sites for hydroxylation is 1. The fraction of sp³-hybridized carbons (Fsp3) is 0.762. The van der Waals surface area contributed by atoms with Crippen LogP contribution in [0.2, 0.25) is 0 Å². The van der Waals surface area contributed by atoms with Crippen LogP contribution in [0.3, 0.4) is 0 Å². The molecular weight excluding hydrogens is 354 g/mol. The Bertz CT molecular complexity index is 697. The highest BCUT2D eigenvalue weighted by molar-refractivity contribution is 5.94. The second-order valence-electron chi connectivity index (χ2n) is 8.53. The first kappa shape index (κ1) is 20.8. The third kappa shape index (κ3) is 4.93. The molecular formula is C21H35N5O2. The van der Waals surface area contributed by atoms with Crippen LogP contribution in [0.1, 0.15) is 67.7 Å². The summed E-state index contributed by atoms with van der Waals surface area (Å²) < 4.78 is 1.85. The third-order valence-corrected chi connectivity index (χ3v) is 5.91. The summed E-state index contributed by atoms with van der Waals surface area (Å²) in [6.07, 6.45) is 5.87. The average molecular weight is 390 g/mol. The van der Waals surface area contributed by atoms with Crippen molar-refractivity contribution >= 4 is 11.8 Å². The Labute approximate surface area is 168 Å². The van der Waals surface area contributed by atoms with Crippen LogP contribution < -0.4 is 10.6 Å². The SMILES string of the molecule is CC(C)CCN1C(=O)CCCNCCCNC(=O)c2nn(C)c3c2CC1CC3. The Morgan fingerprint density at radius 3 is 2.71 bits per heavy atom. The van der Waals surface area contributed by atoms with Crippen molar-refractivity contribution in [3.8, 4) is 0 Å². The first-order chi connectivity index (χ1) is 13.5. The van der Waals surface area contributed by atoms with Gasteiger partial charge in [-0.1, -0.05) is 13.8 Å². The molecule has 1 aromatic heterocycles. The van der Waals surface area contributed by atoms with Crippen LogP contribution in [0, 0.1) is 5.92 Å². The Morgan fingerprint density at radius 2 is 1.93 bits per heavy atom. The molecule has 0 saturated carbocycles. The lowest BCUT2D eigenvalue weighted by molar-refractivity contribution is -0.134. The van der Waals surface area contributed by atoms with E-state index in [0.29, 0.717) is 24.6 Å². The van der Waals surface area contributed by atoms with Gasteiger partial charge in [0, 0.05) is 43.9 Å². The van der Waals surface area contributed by atoms with Gasteiger partial charge in [0.1, 0.15) is 0 Å². The molecule has 7 nitrogen and oxygen atoms in total. The van der Waals surface area contributed by atoms with Gasteiger partial charge in [-0.25, -0.2) is 0 Å². The lowest BCUT2D eigenvalue weighted by Crippen LogP contribution is -2.44. The molecule has 2 amide bonds. The van der Waals surface area contributed by atoms with Gasteiger partial charge in [0.05, 0.1) is 0 Å². The molecule has 2 heterocycles. The number of aromatic nitrogens is 2. The standard InChI is InChI=1S/C21H35N5O2/c1-15(2)9-13-26-16-7-8-18-17(14-16)20(24-25(18)3)21(28)23-12-5-11-22-10-4-6-19(26)27/h15-16,22H,4-14H2,1-3H3,(H,23,28). The first-order valence-electron chi connectivity index (χ1n) is 10.8. The smallest absolute Gasteiger partial charge is 0.272 e. The van der Waals surface area contributed by atoms with Gasteiger partial charge in [-0.2, -0.15) is 5.10 Å². The fourth-order valence-corrected chi connectivity index (χ4v) is 4.26. The number of fused-ring (bicyclic) bond motifs is 1. The van der Waals surface area contributed by atoms with Crippen molar-refractivity contribution in [1.29, 1.82) is 0 Å². The quantitative estimate of drug-likeness (QED) is 0.824. The van der Waals surface area contributed by atoms with E-state index in [1.165, 1.54) is 0 Å². The molecule has 28 heavy (non-hydrogen) atoms. The summed E-state index contributed by atoms with van der Waals surface area (Å²) in [5.41, 5.74) is 2.72. The van der Waals surface area contributed by atoms with Crippen LogP contribution >= 0.6 is 0 Å². The number of rotatable bonds is 3. The summed E-state index contributed by atoms with van der Waals surface area (Å²) in [4.78, 5) is 27.8. The number of hydrogen-bond donors (Lipinski definition) is 2. The minimum absolute atomic E-state index is 0.0903. The second-order valence-corrected chi connectivity index (χ2v) is 8.53. The molecule has 3 rings (SSSR count). The lowest BCUT2D eigenvalue weighted by Gasteiger charge is -2.35. The molecule has 1 atom stereocenters. The highest BCUT2D eigenvalue weighted by Crippen LogP contribution is 2.28. The molecule has 2 bridgehead atoms. The molecule has 0 saturated heterocycles. The molecule has 2 aliphatic rings. The molecule has 7 heteroatoms. The van der Waals surface area contributed by atoms with Crippen molar-refractivity contribution in [2.75, 3.05) is 26.2 Å². The predicted molar refractivity (Wildman–Crippen MR) is 109 cm³/mol.